The van der Waals surface area contributed by atoms with Crippen LogP contribution in [0.15, 0.2) is 24.3 Å². The molecule has 0 saturated heterocycles. The first-order valence-corrected chi connectivity index (χ1v) is 6.73. The molecule has 0 unspecified atom stereocenters. The highest BCUT2D eigenvalue weighted by Gasteiger charge is 2.16. The number of nitrogens with two attached hydrogens (primary N) is 1. The molecule has 0 aliphatic heterocycles. The Bertz CT molecular complexity index is 587. The number of aryl methyl sites for hydroxylation is 1. The molecule has 4 heteroatoms. The zero-order valence-corrected chi connectivity index (χ0v) is 11.5. The first-order chi connectivity index (χ1) is 9.17. The Hall–Kier alpha value is -1.97. The fraction of sp³-hybridized carbons (Fsp3) is 0.400. The number of rotatable bonds is 5. The molecule has 0 saturated carbocycles. The molecule has 0 atom stereocenters. The first kappa shape index (κ1) is 13.5. The Morgan fingerprint density at radius 2 is 2.11 bits per heavy atom. The van der Waals surface area contributed by atoms with Crippen LogP contribution in [0.25, 0.3) is 10.9 Å². The van der Waals surface area contributed by atoms with Crippen LogP contribution in [0.1, 0.15) is 37.2 Å². The lowest BCUT2D eigenvalue weighted by molar-refractivity contribution is 0.0514. The minimum absolute atomic E-state index is 0.270. The molecular weight excluding hydrogens is 240 g/mol. The summed E-state index contributed by atoms with van der Waals surface area (Å²) in [6, 6.07) is 7.57. The molecule has 0 amide bonds. The molecule has 0 aliphatic carbocycles. The average Bonchev–Trinajstić information content (AvgIpc) is 2.74. The minimum Gasteiger partial charge on any atom is -0.461 e. The lowest BCUT2D eigenvalue weighted by Gasteiger charge is -2.09. The van der Waals surface area contributed by atoms with Crippen molar-refractivity contribution in [2.75, 3.05) is 12.3 Å². The molecule has 19 heavy (non-hydrogen) atoms. The number of hydrogen-bond donors (Lipinski definition) is 1. The lowest BCUT2D eigenvalue weighted by atomic mass is 10.2. The standard InChI is InChI=1S/C15H20N2O2/c1-3-5-8-17-13-7-6-12(16)9-11(13)10-14(17)15(18)19-4-2/h6-7,9-10H,3-5,8,16H2,1-2H3. The second kappa shape index (κ2) is 5.78. The van der Waals surface area contributed by atoms with E-state index in [1.54, 1.807) is 0 Å². The molecule has 0 fully saturated rings. The van der Waals surface area contributed by atoms with Gasteiger partial charge in [-0.1, -0.05) is 13.3 Å². The van der Waals surface area contributed by atoms with E-state index in [0.717, 1.165) is 30.3 Å². The molecule has 1 aromatic heterocycles. The molecule has 0 bridgehead atoms. The van der Waals surface area contributed by atoms with E-state index >= 15 is 0 Å². The number of benzene rings is 1. The number of nitrogen functional groups attached to an aromatic ring is 1. The van der Waals surface area contributed by atoms with Crippen LogP contribution in [-0.2, 0) is 11.3 Å². The highest BCUT2D eigenvalue weighted by Crippen LogP contribution is 2.23. The number of esters is 1. The van der Waals surface area contributed by atoms with Crippen LogP contribution >= 0.6 is 0 Å². The van der Waals surface area contributed by atoms with Gasteiger partial charge < -0.3 is 15.0 Å². The Morgan fingerprint density at radius 3 is 2.79 bits per heavy atom. The summed E-state index contributed by atoms with van der Waals surface area (Å²) in [4.78, 5) is 12.0. The van der Waals surface area contributed by atoms with Gasteiger partial charge in [0, 0.05) is 23.1 Å². The Morgan fingerprint density at radius 1 is 1.32 bits per heavy atom. The fourth-order valence-electron chi connectivity index (χ4n) is 2.22. The van der Waals surface area contributed by atoms with E-state index in [1.165, 1.54) is 0 Å². The van der Waals surface area contributed by atoms with E-state index in [-0.39, 0.29) is 5.97 Å². The summed E-state index contributed by atoms with van der Waals surface area (Å²) in [5.74, 6) is -0.270. The van der Waals surface area contributed by atoms with Gasteiger partial charge in [0.25, 0.3) is 0 Å². The zero-order valence-electron chi connectivity index (χ0n) is 11.5. The summed E-state index contributed by atoms with van der Waals surface area (Å²) < 4.78 is 7.14. The van der Waals surface area contributed by atoms with Crippen LogP contribution in [0.3, 0.4) is 0 Å². The Balaban J connectivity index is 2.50. The number of anilines is 1. The van der Waals surface area contributed by atoms with Crippen LogP contribution in [0.2, 0.25) is 0 Å². The number of carbonyl (C=O) groups excluding carboxylic acids is 1. The van der Waals surface area contributed by atoms with Gasteiger partial charge in [0.15, 0.2) is 0 Å². The third-order valence-electron chi connectivity index (χ3n) is 3.15. The highest BCUT2D eigenvalue weighted by molar-refractivity contribution is 5.96. The average molecular weight is 260 g/mol. The second-order valence-corrected chi connectivity index (χ2v) is 4.57. The van der Waals surface area contributed by atoms with Gasteiger partial charge in [-0.3, -0.25) is 0 Å². The molecule has 2 aromatic rings. The largest absolute Gasteiger partial charge is 0.461 e. The SMILES string of the molecule is CCCCn1c(C(=O)OCC)cc2cc(N)ccc21. The Labute approximate surface area is 113 Å². The maximum absolute atomic E-state index is 12.0. The van der Waals surface area contributed by atoms with Crippen LogP contribution in [-0.4, -0.2) is 17.1 Å². The number of hydrogen-bond acceptors (Lipinski definition) is 3. The molecule has 2 N–H and O–H groups in total. The number of carbonyl (C=O) groups is 1. The van der Waals surface area contributed by atoms with Gasteiger partial charge in [0.2, 0.25) is 0 Å². The van der Waals surface area contributed by atoms with Gasteiger partial charge >= 0.3 is 5.97 Å². The van der Waals surface area contributed by atoms with Gasteiger partial charge in [-0.25, -0.2) is 4.79 Å². The summed E-state index contributed by atoms with van der Waals surface area (Å²) >= 11 is 0. The topological polar surface area (TPSA) is 57.2 Å². The predicted molar refractivity (Wildman–Crippen MR) is 77.2 cm³/mol. The summed E-state index contributed by atoms with van der Waals surface area (Å²) in [6.07, 6.45) is 2.11. The maximum atomic E-state index is 12.0. The molecule has 1 aromatic carbocycles. The molecule has 0 radical (unpaired) electrons. The van der Waals surface area contributed by atoms with Crippen LogP contribution in [0.5, 0.6) is 0 Å². The molecule has 4 nitrogen and oxygen atoms in total. The van der Waals surface area contributed by atoms with Crippen molar-refractivity contribution in [3.05, 3.63) is 30.0 Å². The highest BCUT2D eigenvalue weighted by atomic mass is 16.5. The molecule has 2 rings (SSSR count). The van der Waals surface area contributed by atoms with E-state index in [0.29, 0.717) is 18.0 Å². The summed E-state index contributed by atoms with van der Waals surface area (Å²) in [7, 11) is 0. The minimum atomic E-state index is -0.270. The van der Waals surface area contributed by atoms with E-state index < -0.39 is 0 Å². The van der Waals surface area contributed by atoms with Crippen molar-refractivity contribution >= 4 is 22.6 Å². The van der Waals surface area contributed by atoms with Crippen molar-refractivity contribution < 1.29 is 9.53 Å². The van der Waals surface area contributed by atoms with Crippen molar-refractivity contribution in [2.24, 2.45) is 0 Å². The van der Waals surface area contributed by atoms with E-state index in [2.05, 4.69) is 6.92 Å². The number of aromatic nitrogens is 1. The zero-order chi connectivity index (χ0) is 13.8. The predicted octanol–water partition coefficient (Wildman–Crippen LogP) is 3.20. The monoisotopic (exact) mass is 260 g/mol. The van der Waals surface area contributed by atoms with E-state index in [4.69, 9.17) is 10.5 Å². The smallest absolute Gasteiger partial charge is 0.354 e. The third kappa shape index (κ3) is 2.72. The number of unbranched alkanes of at least 4 members (excludes halogenated alkanes) is 1. The molecule has 0 aliphatic rings. The van der Waals surface area contributed by atoms with Gasteiger partial charge in [0.05, 0.1) is 6.61 Å². The lowest BCUT2D eigenvalue weighted by Crippen LogP contribution is -2.12. The molecule has 0 spiro atoms. The van der Waals surface area contributed by atoms with Gasteiger partial charge in [-0.05, 0) is 37.6 Å². The molecule has 1 heterocycles. The first-order valence-electron chi connectivity index (χ1n) is 6.73. The summed E-state index contributed by atoms with van der Waals surface area (Å²) in [5, 5.41) is 0.985. The summed E-state index contributed by atoms with van der Waals surface area (Å²) in [6.45, 7) is 5.15. The maximum Gasteiger partial charge on any atom is 0.354 e. The van der Waals surface area contributed by atoms with Gasteiger partial charge in [0.1, 0.15) is 5.69 Å². The molecule has 102 valence electrons. The Kier molecular flexibility index (Phi) is 4.10. The van der Waals surface area contributed by atoms with E-state index in [1.807, 2.05) is 35.8 Å². The van der Waals surface area contributed by atoms with Crippen molar-refractivity contribution in [3.63, 3.8) is 0 Å². The van der Waals surface area contributed by atoms with Crippen molar-refractivity contribution in [1.29, 1.82) is 0 Å². The van der Waals surface area contributed by atoms with Crippen molar-refractivity contribution in [2.45, 2.75) is 33.2 Å². The van der Waals surface area contributed by atoms with Crippen LogP contribution in [0.4, 0.5) is 5.69 Å². The second-order valence-electron chi connectivity index (χ2n) is 4.57. The van der Waals surface area contributed by atoms with Crippen LogP contribution < -0.4 is 5.73 Å². The van der Waals surface area contributed by atoms with Gasteiger partial charge in [-0.15, -0.1) is 0 Å². The summed E-state index contributed by atoms with van der Waals surface area (Å²) in [5.41, 5.74) is 8.14. The third-order valence-corrected chi connectivity index (χ3v) is 3.15. The van der Waals surface area contributed by atoms with Crippen molar-refractivity contribution in [3.8, 4) is 0 Å². The van der Waals surface area contributed by atoms with Crippen molar-refractivity contribution in [1.82, 2.24) is 4.57 Å². The molecular formula is C15H20N2O2. The van der Waals surface area contributed by atoms with Gasteiger partial charge in [-0.2, -0.15) is 0 Å². The fourth-order valence-corrected chi connectivity index (χ4v) is 2.22. The van der Waals surface area contributed by atoms with Crippen LogP contribution in [0, 0.1) is 0 Å². The van der Waals surface area contributed by atoms with E-state index in [9.17, 15) is 4.79 Å². The number of fused-ring (bicyclic) bond motifs is 1. The number of ether oxygens (including phenoxy) is 1. The quantitative estimate of drug-likeness (QED) is 0.663. The normalized spacial score (nSPS) is 10.8. The number of nitrogens with zero attached hydrogens (tertiary/aromatic N) is 1.